The molecule has 11 heteroatoms. The van der Waals surface area contributed by atoms with Crippen molar-refractivity contribution >= 4 is 23.9 Å². The van der Waals surface area contributed by atoms with Gasteiger partial charge >= 0.3 is 23.9 Å². The summed E-state index contributed by atoms with van der Waals surface area (Å²) in [6.07, 6.45) is 2.15. The molecule has 0 aliphatic heterocycles. The Hall–Kier alpha value is -3.05. The van der Waals surface area contributed by atoms with Gasteiger partial charge in [-0.05, 0) is 30.9 Å². The minimum absolute atomic E-state index is 0.0204. The molecule has 1 aromatic rings. The second-order valence-corrected chi connectivity index (χ2v) is 7.82. The summed E-state index contributed by atoms with van der Waals surface area (Å²) in [5, 5.41) is 36.9. The van der Waals surface area contributed by atoms with Gasteiger partial charge in [-0.3, -0.25) is 24.2 Å². The van der Waals surface area contributed by atoms with Crippen molar-refractivity contribution < 1.29 is 39.6 Å². The Labute approximate surface area is 200 Å². The van der Waals surface area contributed by atoms with Crippen molar-refractivity contribution in [1.29, 1.82) is 0 Å². The molecule has 192 valence electrons. The molecule has 0 fully saturated rings. The van der Waals surface area contributed by atoms with Crippen LogP contribution in [0.25, 0.3) is 0 Å². The number of rotatable bonds is 16. The fourth-order valence-corrected chi connectivity index (χ4v) is 3.32. The lowest BCUT2D eigenvalue weighted by molar-refractivity contribution is -0.144. The average molecular weight is 484 g/mol. The molecule has 0 spiro atoms. The summed E-state index contributed by atoms with van der Waals surface area (Å²) in [7, 11) is 0. The zero-order valence-electron chi connectivity index (χ0n) is 20.3. The van der Waals surface area contributed by atoms with Crippen LogP contribution in [0.4, 0.5) is 0 Å². The third-order valence-electron chi connectivity index (χ3n) is 5.12. The zero-order chi connectivity index (χ0) is 26.3. The van der Waals surface area contributed by atoms with Crippen LogP contribution in [-0.2, 0) is 20.9 Å². The van der Waals surface area contributed by atoms with Gasteiger partial charge in [0.05, 0.1) is 25.3 Å². The van der Waals surface area contributed by atoms with Gasteiger partial charge in [-0.15, -0.1) is 0 Å². The fraction of sp³-hybridized carbons (Fsp3) is 0.609. The number of carboxylic acid groups (broad SMARTS) is 4. The second kappa shape index (κ2) is 16.5. The maximum absolute atomic E-state index is 11.6. The summed E-state index contributed by atoms with van der Waals surface area (Å²) >= 11 is 0. The van der Waals surface area contributed by atoms with Crippen LogP contribution >= 0.6 is 0 Å². The van der Waals surface area contributed by atoms with E-state index < -0.39 is 49.6 Å². The van der Waals surface area contributed by atoms with Gasteiger partial charge in [-0.2, -0.15) is 0 Å². The molecule has 1 aromatic heterocycles. The highest BCUT2D eigenvalue weighted by molar-refractivity contribution is 5.85. The maximum Gasteiger partial charge on any atom is 0.354 e. The monoisotopic (exact) mass is 483 g/mol. The van der Waals surface area contributed by atoms with Crippen LogP contribution < -0.4 is 0 Å². The molecule has 34 heavy (non-hydrogen) atoms. The van der Waals surface area contributed by atoms with Crippen LogP contribution in [0.5, 0.6) is 0 Å². The number of hydrogen-bond acceptors (Lipinski definition) is 7. The molecule has 2 atom stereocenters. The van der Waals surface area contributed by atoms with E-state index in [2.05, 4.69) is 4.98 Å². The fourth-order valence-electron chi connectivity index (χ4n) is 3.32. The molecule has 1 heterocycles. The lowest BCUT2D eigenvalue weighted by Crippen LogP contribution is -2.48. The molecule has 0 aliphatic carbocycles. The average Bonchev–Trinajstić information content (AvgIpc) is 2.76. The van der Waals surface area contributed by atoms with E-state index in [1.165, 1.54) is 17.0 Å². The number of carbonyl (C=O) groups is 4. The van der Waals surface area contributed by atoms with E-state index in [-0.39, 0.29) is 18.8 Å². The molecule has 0 bridgehead atoms. The van der Waals surface area contributed by atoms with Crippen LogP contribution in [0, 0.1) is 5.92 Å². The second-order valence-electron chi connectivity index (χ2n) is 7.82. The quantitative estimate of drug-likeness (QED) is 0.272. The van der Waals surface area contributed by atoms with Gasteiger partial charge in [0.1, 0.15) is 5.69 Å². The third-order valence-corrected chi connectivity index (χ3v) is 5.12. The van der Waals surface area contributed by atoms with E-state index in [0.717, 1.165) is 12.8 Å². The van der Waals surface area contributed by atoms with Crippen LogP contribution in [0.2, 0.25) is 0 Å². The van der Waals surface area contributed by atoms with E-state index in [1.54, 1.807) is 11.0 Å². The Morgan fingerprint density at radius 2 is 1.47 bits per heavy atom. The molecule has 0 saturated carbocycles. The number of aliphatic carboxylic acids is 3. The predicted octanol–water partition coefficient (Wildman–Crippen LogP) is 2.36. The summed E-state index contributed by atoms with van der Waals surface area (Å²) in [6.45, 7) is 6.73. The maximum atomic E-state index is 11.6. The highest BCUT2D eigenvalue weighted by Crippen LogP contribution is 2.18. The van der Waals surface area contributed by atoms with E-state index >= 15 is 0 Å². The lowest BCUT2D eigenvalue weighted by Gasteiger charge is -2.34. The minimum atomic E-state index is -1.21. The Balaban J connectivity index is 0.00000529. The molecule has 0 aliphatic rings. The molecule has 0 radical (unpaired) electrons. The summed E-state index contributed by atoms with van der Waals surface area (Å²) in [4.78, 5) is 52.1. The number of pyridine rings is 1. The van der Waals surface area contributed by atoms with E-state index in [9.17, 15) is 24.3 Å². The highest BCUT2D eigenvalue weighted by Gasteiger charge is 2.26. The Kier molecular flexibility index (Phi) is 15.1. The van der Waals surface area contributed by atoms with Gasteiger partial charge in [0.25, 0.3) is 0 Å². The minimum Gasteiger partial charge on any atom is -0.480 e. The summed E-state index contributed by atoms with van der Waals surface area (Å²) in [6, 6.07) is 3.95. The Morgan fingerprint density at radius 3 is 1.94 bits per heavy atom. The molecule has 0 saturated heterocycles. The Bertz CT molecular complexity index is 786. The number of aromatic carboxylic acids is 1. The standard InChI is InChI=1S/C21H31N3O8.C2H6/c1-3-14(2)7-8-16(10-23(11-18(25)26)12-19(27)28)24(13-20(29)30)9-15-5-4-6-17(22-15)21(31)32;1-2/h4-6,14,16H,3,7-13H2,1-2H3,(H,25,26)(H,27,28)(H,29,30)(H,31,32);1-2H3. The number of carboxylic acids is 4. The first-order chi connectivity index (χ1) is 16.0. The normalized spacial score (nSPS) is 12.5. The summed E-state index contributed by atoms with van der Waals surface area (Å²) in [5.41, 5.74) is 0.176. The zero-order valence-corrected chi connectivity index (χ0v) is 20.3. The van der Waals surface area contributed by atoms with Gasteiger partial charge in [-0.25, -0.2) is 9.78 Å². The molecule has 1 rings (SSSR count). The number of hydrogen-bond donors (Lipinski definition) is 4. The molecule has 4 N–H and O–H groups in total. The van der Waals surface area contributed by atoms with Gasteiger partial charge in [0.2, 0.25) is 0 Å². The van der Waals surface area contributed by atoms with Crippen LogP contribution in [0.3, 0.4) is 0 Å². The lowest BCUT2D eigenvalue weighted by atomic mass is 9.98. The van der Waals surface area contributed by atoms with Crippen molar-refractivity contribution in [3.05, 3.63) is 29.6 Å². The first-order valence-electron chi connectivity index (χ1n) is 11.3. The van der Waals surface area contributed by atoms with Crippen LogP contribution in [-0.4, -0.2) is 91.3 Å². The molecular formula is C23H37N3O8. The largest absolute Gasteiger partial charge is 0.480 e. The van der Waals surface area contributed by atoms with E-state index in [1.807, 2.05) is 27.7 Å². The first-order valence-corrected chi connectivity index (χ1v) is 11.3. The highest BCUT2D eigenvalue weighted by atomic mass is 16.4. The first kappa shape index (κ1) is 30.9. The van der Waals surface area contributed by atoms with Crippen molar-refractivity contribution in [2.45, 2.75) is 59.5 Å². The van der Waals surface area contributed by atoms with Crippen molar-refractivity contribution in [2.75, 3.05) is 26.2 Å². The van der Waals surface area contributed by atoms with Gasteiger partial charge in [-0.1, -0.05) is 40.2 Å². The van der Waals surface area contributed by atoms with Gasteiger partial charge in [0.15, 0.2) is 0 Å². The number of nitrogens with zero attached hydrogens (tertiary/aromatic N) is 3. The molecular weight excluding hydrogens is 446 g/mol. The molecule has 2 unspecified atom stereocenters. The Morgan fingerprint density at radius 1 is 0.912 bits per heavy atom. The van der Waals surface area contributed by atoms with E-state index in [4.69, 9.17) is 15.3 Å². The molecule has 0 aromatic carbocycles. The van der Waals surface area contributed by atoms with E-state index in [0.29, 0.717) is 18.0 Å². The smallest absolute Gasteiger partial charge is 0.354 e. The van der Waals surface area contributed by atoms with Gasteiger partial charge in [0, 0.05) is 19.1 Å². The summed E-state index contributed by atoms with van der Waals surface area (Å²) < 4.78 is 0. The van der Waals surface area contributed by atoms with Gasteiger partial charge < -0.3 is 20.4 Å². The molecule has 0 amide bonds. The van der Waals surface area contributed by atoms with Crippen molar-refractivity contribution in [2.24, 2.45) is 5.92 Å². The van der Waals surface area contributed by atoms with Crippen molar-refractivity contribution in [3.63, 3.8) is 0 Å². The van der Waals surface area contributed by atoms with Crippen molar-refractivity contribution in [1.82, 2.24) is 14.8 Å². The van der Waals surface area contributed by atoms with Crippen LogP contribution in [0.15, 0.2) is 18.2 Å². The van der Waals surface area contributed by atoms with Crippen molar-refractivity contribution in [3.8, 4) is 0 Å². The predicted molar refractivity (Wildman–Crippen MR) is 125 cm³/mol. The SMILES string of the molecule is CC.CCC(C)CCC(CN(CC(=O)O)CC(=O)O)N(CC(=O)O)Cc1cccc(C(=O)O)n1. The summed E-state index contributed by atoms with van der Waals surface area (Å²) in [5.74, 6) is -4.36. The number of aromatic nitrogens is 1. The third kappa shape index (κ3) is 12.9. The molecule has 11 nitrogen and oxygen atoms in total. The van der Waals surface area contributed by atoms with Crippen LogP contribution in [0.1, 0.15) is 63.1 Å². The topological polar surface area (TPSA) is 169 Å².